The zero-order chi connectivity index (χ0) is 15.4. The summed E-state index contributed by atoms with van der Waals surface area (Å²) in [5.74, 6) is 0.814. The van der Waals surface area contributed by atoms with Crippen LogP contribution in [0.15, 0.2) is 4.99 Å². The van der Waals surface area contributed by atoms with Gasteiger partial charge in [-0.3, -0.25) is 9.38 Å². The molecule has 0 aromatic heterocycles. The molecule has 0 radical (unpaired) electrons. The van der Waals surface area contributed by atoms with Gasteiger partial charge in [0.05, 0.1) is 6.67 Å². The van der Waals surface area contributed by atoms with Crippen molar-refractivity contribution in [2.75, 3.05) is 39.5 Å². The number of rotatable bonds is 10. The topological polar surface area (TPSA) is 45.7 Å². The second-order valence-electron chi connectivity index (χ2n) is 5.82. The van der Waals surface area contributed by atoms with Crippen LogP contribution in [0.25, 0.3) is 0 Å². The van der Waals surface area contributed by atoms with E-state index in [1.165, 1.54) is 25.7 Å². The van der Waals surface area contributed by atoms with E-state index in [4.69, 9.17) is 9.73 Å². The van der Waals surface area contributed by atoms with Gasteiger partial charge in [-0.05, 0) is 44.9 Å². The normalized spacial score (nSPS) is 18.0. The first-order valence-corrected chi connectivity index (χ1v) is 8.42. The van der Waals surface area contributed by atoms with Gasteiger partial charge in [0.25, 0.3) is 0 Å². The monoisotopic (exact) mass is 301 g/mol. The maximum absolute atomic E-state index is 12.2. The molecular formula is C16H32FN3O. The lowest BCUT2D eigenvalue weighted by molar-refractivity contribution is 0.107. The predicted molar refractivity (Wildman–Crippen MR) is 86.6 cm³/mol. The Kier molecular flexibility index (Phi) is 9.39. The molecule has 4 nitrogen and oxygen atoms in total. The van der Waals surface area contributed by atoms with Gasteiger partial charge in [0.15, 0.2) is 5.96 Å². The molecule has 1 aliphatic carbocycles. The molecule has 0 amide bonds. The van der Waals surface area contributed by atoms with Crippen LogP contribution in [0.4, 0.5) is 4.39 Å². The van der Waals surface area contributed by atoms with Gasteiger partial charge >= 0.3 is 0 Å². The lowest BCUT2D eigenvalue weighted by Crippen LogP contribution is -2.39. The molecular weight excluding hydrogens is 269 g/mol. The van der Waals surface area contributed by atoms with Crippen LogP contribution in [0.5, 0.6) is 0 Å². The fraction of sp³-hybridized carbons (Fsp3) is 0.938. The molecule has 0 atom stereocenters. The molecule has 0 bridgehead atoms. The minimum absolute atomic E-state index is 0.287. The van der Waals surface area contributed by atoms with E-state index in [2.05, 4.69) is 10.6 Å². The Balaban J connectivity index is 2.51. The van der Waals surface area contributed by atoms with Crippen molar-refractivity contribution in [3.63, 3.8) is 0 Å². The van der Waals surface area contributed by atoms with Crippen molar-refractivity contribution in [2.45, 2.75) is 52.4 Å². The standard InChI is InChI=1S/C16H32FN3O/c1-3-18-15(19-12-7-11-17)20-14-16(8-5-6-9-16)10-13-21-4-2/h3-14H2,1-2H3,(H2,18,19,20). The Bertz CT molecular complexity index is 291. The minimum Gasteiger partial charge on any atom is -0.382 e. The summed E-state index contributed by atoms with van der Waals surface area (Å²) in [7, 11) is 0. The Morgan fingerprint density at radius 1 is 1.24 bits per heavy atom. The van der Waals surface area contributed by atoms with Gasteiger partial charge in [-0.15, -0.1) is 0 Å². The summed E-state index contributed by atoms with van der Waals surface area (Å²) < 4.78 is 17.7. The summed E-state index contributed by atoms with van der Waals surface area (Å²) in [6, 6.07) is 0. The number of guanidine groups is 1. The number of nitrogens with one attached hydrogen (secondary N) is 2. The number of aliphatic imine (C=N–C) groups is 1. The fourth-order valence-electron chi connectivity index (χ4n) is 2.91. The molecule has 0 unspecified atom stereocenters. The number of alkyl halides is 1. The Labute approximate surface area is 128 Å². The van der Waals surface area contributed by atoms with Crippen LogP contribution < -0.4 is 10.6 Å². The van der Waals surface area contributed by atoms with Crippen molar-refractivity contribution in [2.24, 2.45) is 10.4 Å². The number of ether oxygens (including phenoxy) is 1. The largest absolute Gasteiger partial charge is 0.382 e. The van der Waals surface area contributed by atoms with Gasteiger partial charge < -0.3 is 15.4 Å². The second-order valence-corrected chi connectivity index (χ2v) is 5.82. The van der Waals surface area contributed by atoms with Crippen LogP contribution in [-0.2, 0) is 4.74 Å². The highest BCUT2D eigenvalue weighted by molar-refractivity contribution is 5.79. The zero-order valence-corrected chi connectivity index (χ0v) is 13.7. The maximum Gasteiger partial charge on any atom is 0.191 e. The van der Waals surface area contributed by atoms with E-state index in [-0.39, 0.29) is 6.67 Å². The summed E-state index contributed by atoms with van der Waals surface area (Å²) >= 11 is 0. The number of hydrogen-bond donors (Lipinski definition) is 2. The van der Waals surface area contributed by atoms with Gasteiger partial charge in [0, 0.05) is 32.8 Å². The van der Waals surface area contributed by atoms with Crippen LogP contribution in [0.3, 0.4) is 0 Å². The summed E-state index contributed by atoms with van der Waals surface area (Å²) in [4.78, 5) is 4.73. The van der Waals surface area contributed by atoms with Gasteiger partial charge in [0.1, 0.15) is 0 Å². The van der Waals surface area contributed by atoms with E-state index in [1.807, 2.05) is 13.8 Å². The molecule has 1 rings (SSSR count). The van der Waals surface area contributed by atoms with Crippen LogP contribution in [0.2, 0.25) is 0 Å². The highest BCUT2D eigenvalue weighted by Gasteiger charge is 2.33. The van der Waals surface area contributed by atoms with Crippen LogP contribution in [-0.4, -0.2) is 45.5 Å². The molecule has 0 aromatic rings. The maximum atomic E-state index is 12.2. The van der Waals surface area contributed by atoms with Crippen molar-refractivity contribution in [3.05, 3.63) is 0 Å². The second kappa shape index (κ2) is 10.8. The van der Waals surface area contributed by atoms with Crippen molar-refractivity contribution < 1.29 is 9.13 Å². The van der Waals surface area contributed by atoms with E-state index < -0.39 is 0 Å². The average Bonchev–Trinajstić information content (AvgIpc) is 2.95. The van der Waals surface area contributed by atoms with E-state index in [9.17, 15) is 4.39 Å². The molecule has 5 heteroatoms. The van der Waals surface area contributed by atoms with E-state index in [0.29, 0.717) is 18.4 Å². The van der Waals surface area contributed by atoms with Crippen LogP contribution in [0.1, 0.15) is 52.4 Å². The van der Waals surface area contributed by atoms with Gasteiger partial charge in [-0.2, -0.15) is 0 Å². The third-order valence-electron chi connectivity index (χ3n) is 4.16. The molecule has 0 aromatic carbocycles. The minimum atomic E-state index is -0.287. The third-order valence-corrected chi connectivity index (χ3v) is 4.16. The smallest absolute Gasteiger partial charge is 0.191 e. The summed E-state index contributed by atoms with van der Waals surface area (Å²) in [5.41, 5.74) is 0.303. The fourth-order valence-corrected chi connectivity index (χ4v) is 2.91. The molecule has 1 saturated carbocycles. The average molecular weight is 301 g/mol. The molecule has 2 N–H and O–H groups in total. The van der Waals surface area contributed by atoms with Crippen LogP contribution >= 0.6 is 0 Å². The van der Waals surface area contributed by atoms with Crippen molar-refractivity contribution in [3.8, 4) is 0 Å². The molecule has 124 valence electrons. The Morgan fingerprint density at radius 3 is 2.62 bits per heavy atom. The van der Waals surface area contributed by atoms with E-state index in [1.54, 1.807) is 0 Å². The lowest BCUT2D eigenvalue weighted by atomic mass is 9.83. The predicted octanol–water partition coefficient (Wildman–Crippen LogP) is 2.89. The SMILES string of the molecule is CCNC(=NCC1(CCOCC)CCCC1)NCCCF. The highest BCUT2D eigenvalue weighted by Crippen LogP contribution is 2.41. The molecule has 1 fully saturated rings. The zero-order valence-electron chi connectivity index (χ0n) is 13.7. The first-order chi connectivity index (χ1) is 10.3. The van der Waals surface area contributed by atoms with Crippen molar-refractivity contribution >= 4 is 5.96 Å². The quantitative estimate of drug-likeness (QED) is 0.370. The summed E-state index contributed by atoms with van der Waals surface area (Å²) in [6.07, 6.45) is 6.70. The van der Waals surface area contributed by atoms with Crippen molar-refractivity contribution in [1.82, 2.24) is 10.6 Å². The lowest BCUT2D eigenvalue weighted by Gasteiger charge is -2.27. The summed E-state index contributed by atoms with van der Waals surface area (Å²) in [5, 5.41) is 6.43. The third kappa shape index (κ3) is 7.11. The molecule has 21 heavy (non-hydrogen) atoms. The number of hydrogen-bond acceptors (Lipinski definition) is 2. The number of halogens is 1. The first kappa shape index (κ1) is 18.2. The Morgan fingerprint density at radius 2 is 2.00 bits per heavy atom. The van der Waals surface area contributed by atoms with Crippen LogP contribution in [0, 0.1) is 5.41 Å². The van der Waals surface area contributed by atoms with E-state index >= 15 is 0 Å². The van der Waals surface area contributed by atoms with E-state index in [0.717, 1.165) is 38.7 Å². The Hall–Kier alpha value is -0.840. The summed E-state index contributed by atoms with van der Waals surface area (Å²) in [6.45, 7) is 7.71. The molecule has 0 saturated heterocycles. The van der Waals surface area contributed by atoms with Gasteiger partial charge in [-0.25, -0.2) is 0 Å². The molecule has 0 heterocycles. The van der Waals surface area contributed by atoms with Gasteiger partial charge in [0.2, 0.25) is 0 Å². The molecule has 0 aliphatic heterocycles. The number of nitrogens with zero attached hydrogens (tertiary/aromatic N) is 1. The van der Waals surface area contributed by atoms with Gasteiger partial charge in [-0.1, -0.05) is 12.8 Å². The van der Waals surface area contributed by atoms with Crippen molar-refractivity contribution in [1.29, 1.82) is 0 Å². The molecule has 1 aliphatic rings. The first-order valence-electron chi connectivity index (χ1n) is 8.42. The molecule has 0 spiro atoms. The highest BCUT2D eigenvalue weighted by atomic mass is 19.1.